The number of halogens is 2. The summed E-state index contributed by atoms with van der Waals surface area (Å²) >= 11 is 0. The van der Waals surface area contributed by atoms with E-state index < -0.39 is 11.6 Å². The Morgan fingerprint density at radius 2 is 1.93 bits per heavy atom. The lowest BCUT2D eigenvalue weighted by molar-refractivity contribution is 0.160. The second-order valence-corrected chi connectivity index (χ2v) is 7.41. The molecule has 0 radical (unpaired) electrons. The first kappa shape index (κ1) is 19.7. The number of rotatable bonds is 6. The molecule has 1 aromatic carbocycles. The maximum Gasteiger partial charge on any atom is 0.151 e. The van der Waals surface area contributed by atoms with Gasteiger partial charge in [-0.05, 0) is 62.7 Å². The van der Waals surface area contributed by atoms with E-state index in [0.29, 0.717) is 12.6 Å². The highest BCUT2D eigenvalue weighted by atomic mass is 19.1. The molecule has 4 rings (SSSR count). The Morgan fingerprint density at radius 1 is 1.03 bits per heavy atom. The molecule has 1 unspecified atom stereocenters. The van der Waals surface area contributed by atoms with Crippen molar-refractivity contribution in [2.75, 3.05) is 13.1 Å². The van der Waals surface area contributed by atoms with Gasteiger partial charge in [-0.2, -0.15) is 5.10 Å². The maximum absolute atomic E-state index is 14.1. The first-order valence-electron chi connectivity index (χ1n) is 10.0. The molecule has 5 nitrogen and oxygen atoms in total. The Hall–Kier alpha value is -2.64. The van der Waals surface area contributed by atoms with Gasteiger partial charge in [0.05, 0.1) is 11.4 Å². The third-order valence-electron chi connectivity index (χ3n) is 5.32. The summed E-state index contributed by atoms with van der Waals surface area (Å²) in [5, 5.41) is 8.01. The summed E-state index contributed by atoms with van der Waals surface area (Å²) < 4.78 is 28.8. The van der Waals surface area contributed by atoms with Gasteiger partial charge in [-0.25, -0.2) is 13.5 Å². The van der Waals surface area contributed by atoms with E-state index in [4.69, 9.17) is 0 Å². The summed E-state index contributed by atoms with van der Waals surface area (Å²) in [6.07, 6.45) is 6.86. The van der Waals surface area contributed by atoms with E-state index in [2.05, 4.69) is 20.3 Å². The minimum Gasteiger partial charge on any atom is -0.317 e. The van der Waals surface area contributed by atoms with Crippen LogP contribution in [0.4, 0.5) is 8.78 Å². The van der Waals surface area contributed by atoms with Crippen LogP contribution in [-0.4, -0.2) is 38.8 Å². The van der Waals surface area contributed by atoms with Crippen molar-refractivity contribution >= 4 is 0 Å². The van der Waals surface area contributed by atoms with Gasteiger partial charge < -0.3 is 5.32 Å². The van der Waals surface area contributed by atoms with Crippen molar-refractivity contribution in [3.63, 3.8) is 0 Å². The topological polar surface area (TPSA) is 46.0 Å². The second kappa shape index (κ2) is 9.24. The van der Waals surface area contributed by atoms with Gasteiger partial charge >= 0.3 is 0 Å². The molecule has 1 aliphatic rings. The van der Waals surface area contributed by atoms with E-state index in [1.165, 1.54) is 16.8 Å². The van der Waals surface area contributed by atoms with E-state index in [9.17, 15) is 8.78 Å². The fraction of sp³-hybridized carbons (Fsp3) is 0.364. The van der Waals surface area contributed by atoms with Crippen molar-refractivity contribution in [3.05, 3.63) is 77.9 Å². The molecule has 3 aromatic rings. The van der Waals surface area contributed by atoms with E-state index in [0.717, 1.165) is 56.4 Å². The SMILES string of the molecule is Fc1ccc(-n2ccc(CN(Cc3ccccn3)C3CCCNCC3)n2)c(F)c1. The van der Waals surface area contributed by atoms with Crippen LogP contribution in [-0.2, 0) is 13.1 Å². The Labute approximate surface area is 169 Å². The van der Waals surface area contributed by atoms with Crippen LogP contribution < -0.4 is 5.32 Å². The van der Waals surface area contributed by atoms with Crippen molar-refractivity contribution in [2.24, 2.45) is 0 Å². The molecule has 1 saturated heterocycles. The van der Waals surface area contributed by atoms with Crippen LogP contribution in [0.3, 0.4) is 0 Å². The van der Waals surface area contributed by atoms with Crippen molar-refractivity contribution in [3.8, 4) is 5.69 Å². The number of hydrogen-bond donors (Lipinski definition) is 1. The van der Waals surface area contributed by atoms with Gasteiger partial charge in [0, 0.05) is 37.6 Å². The lowest BCUT2D eigenvalue weighted by atomic mass is 10.1. The van der Waals surface area contributed by atoms with E-state index in [-0.39, 0.29) is 5.69 Å². The molecular formula is C22H25F2N5. The molecule has 0 bridgehead atoms. The summed E-state index contributed by atoms with van der Waals surface area (Å²) in [5.41, 5.74) is 2.11. The normalized spacial score (nSPS) is 17.4. The van der Waals surface area contributed by atoms with Gasteiger partial charge in [0.25, 0.3) is 0 Å². The summed E-state index contributed by atoms with van der Waals surface area (Å²) in [5.74, 6) is -1.22. The highest BCUT2D eigenvalue weighted by molar-refractivity contribution is 5.33. The van der Waals surface area contributed by atoms with Crippen LogP contribution in [0.1, 0.15) is 30.7 Å². The number of aromatic nitrogens is 3. The number of nitrogens with zero attached hydrogens (tertiary/aromatic N) is 4. The van der Waals surface area contributed by atoms with Crippen molar-refractivity contribution in [2.45, 2.75) is 38.4 Å². The molecule has 0 aliphatic carbocycles. The van der Waals surface area contributed by atoms with E-state index in [1.54, 1.807) is 6.20 Å². The lowest BCUT2D eigenvalue weighted by Crippen LogP contribution is -2.35. The van der Waals surface area contributed by atoms with Gasteiger partial charge in [0.15, 0.2) is 5.82 Å². The van der Waals surface area contributed by atoms with Gasteiger partial charge in [-0.3, -0.25) is 9.88 Å². The molecule has 0 amide bonds. The van der Waals surface area contributed by atoms with Crippen molar-refractivity contribution in [1.29, 1.82) is 0 Å². The van der Waals surface area contributed by atoms with Crippen LogP contribution in [0.25, 0.3) is 5.69 Å². The third kappa shape index (κ3) is 5.05. The van der Waals surface area contributed by atoms with Crippen LogP contribution in [0.2, 0.25) is 0 Å². The summed E-state index contributed by atoms with van der Waals surface area (Å²) in [7, 11) is 0. The maximum atomic E-state index is 14.1. The molecule has 1 N–H and O–H groups in total. The smallest absolute Gasteiger partial charge is 0.151 e. The fourth-order valence-electron chi connectivity index (χ4n) is 3.84. The third-order valence-corrected chi connectivity index (χ3v) is 5.32. The Kier molecular flexibility index (Phi) is 6.27. The highest BCUT2D eigenvalue weighted by Gasteiger charge is 2.22. The van der Waals surface area contributed by atoms with Gasteiger partial charge in [-0.1, -0.05) is 6.07 Å². The molecule has 2 aromatic heterocycles. The molecule has 29 heavy (non-hydrogen) atoms. The predicted octanol–water partition coefficient (Wildman–Crippen LogP) is 3.69. The lowest BCUT2D eigenvalue weighted by Gasteiger charge is -2.30. The van der Waals surface area contributed by atoms with Crippen LogP contribution in [0.5, 0.6) is 0 Å². The predicted molar refractivity (Wildman–Crippen MR) is 107 cm³/mol. The minimum atomic E-state index is -0.625. The van der Waals surface area contributed by atoms with E-state index >= 15 is 0 Å². The largest absolute Gasteiger partial charge is 0.317 e. The Bertz CT molecular complexity index is 920. The van der Waals surface area contributed by atoms with Crippen molar-refractivity contribution in [1.82, 2.24) is 25.0 Å². The molecule has 1 fully saturated rings. The average Bonchev–Trinajstić information content (AvgIpc) is 3.00. The Balaban J connectivity index is 1.54. The monoisotopic (exact) mass is 397 g/mol. The molecule has 0 saturated carbocycles. The molecule has 1 aliphatic heterocycles. The number of nitrogens with one attached hydrogen (secondary N) is 1. The van der Waals surface area contributed by atoms with Gasteiger partial charge in [0.2, 0.25) is 0 Å². The highest BCUT2D eigenvalue weighted by Crippen LogP contribution is 2.20. The molecular weight excluding hydrogens is 372 g/mol. The second-order valence-electron chi connectivity index (χ2n) is 7.41. The zero-order valence-electron chi connectivity index (χ0n) is 16.3. The van der Waals surface area contributed by atoms with Gasteiger partial charge in [-0.15, -0.1) is 0 Å². The summed E-state index contributed by atoms with van der Waals surface area (Å²) in [6, 6.07) is 11.8. The quantitative estimate of drug-likeness (QED) is 0.689. The van der Waals surface area contributed by atoms with E-state index in [1.807, 2.05) is 30.5 Å². The minimum absolute atomic E-state index is 0.243. The summed E-state index contributed by atoms with van der Waals surface area (Å²) in [4.78, 5) is 6.89. The summed E-state index contributed by atoms with van der Waals surface area (Å²) in [6.45, 7) is 3.44. The molecule has 152 valence electrons. The first-order valence-corrected chi connectivity index (χ1v) is 10.0. The van der Waals surface area contributed by atoms with Gasteiger partial charge in [0.1, 0.15) is 11.5 Å². The zero-order valence-corrected chi connectivity index (χ0v) is 16.3. The molecule has 7 heteroatoms. The first-order chi connectivity index (χ1) is 14.2. The zero-order chi connectivity index (χ0) is 20.1. The number of hydrogen-bond acceptors (Lipinski definition) is 4. The average molecular weight is 397 g/mol. The number of pyridine rings is 1. The van der Waals surface area contributed by atoms with Crippen LogP contribution >= 0.6 is 0 Å². The van der Waals surface area contributed by atoms with Crippen LogP contribution in [0, 0.1) is 11.6 Å². The van der Waals surface area contributed by atoms with Crippen LogP contribution in [0.15, 0.2) is 54.9 Å². The number of benzene rings is 1. The molecule has 1 atom stereocenters. The fourth-order valence-corrected chi connectivity index (χ4v) is 3.84. The van der Waals surface area contributed by atoms with Crippen molar-refractivity contribution < 1.29 is 8.78 Å². The molecule has 0 spiro atoms. The standard InChI is InChI=1S/C22H25F2N5/c23-17-6-7-22(21(24)14-17)29-13-9-19(27-29)16-28(15-18-4-1-2-11-26-18)20-5-3-10-25-12-8-20/h1-2,4,6-7,9,11,13-14,20,25H,3,5,8,10,12,15-16H2. The Morgan fingerprint density at radius 3 is 2.76 bits per heavy atom. The molecule has 3 heterocycles.